The van der Waals surface area contributed by atoms with E-state index in [2.05, 4.69) is 40.5 Å². The van der Waals surface area contributed by atoms with Crippen LogP contribution in [0, 0.1) is 0 Å². The van der Waals surface area contributed by atoms with Crippen LogP contribution in [0.3, 0.4) is 0 Å². The van der Waals surface area contributed by atoms with Crippen LogP contribution in [0.15, 0.2) is 105 Å². The predicted octanol–water partition coefficient (Wildman–Crippen LogP) is 4.69. The zero-order valence-corrected chi connectivity index (χ0v) is 33.1. The topological polar surface area (TPSA) is 319 Å². The van der Waals surface area contributed by atoms with Gasteiger partial charge in [0.05, 0.1) is 9.79 Å². The van der Waals surface area contributed by atoms with E-state index in [1.54, 1.807) is 0 Å². The Bertz CT molecular complexity index is 2890. The summed E-state index contributed by atoms with van der Waals surface area (Å²) in [5, 5.41) is 4.86. The number of nitrogens with zero attached hydrogens (tertiary/aromatic N) is 6. The second kappa shape index (κ2) is 17.6. The summed E-state index contributed by atoms with van der Waals surface area (Å²) in [6.07, 6.45) is 2.30. The zero-order chi connectivity index (χ0) is 42.2. The second-order valence-electron chi connectivity index (χ2n) is 11.5. The normalized spacial score (nSPS) is 12.2. The van der Waals surface area contributed by atoms with E-state index in [4.69, 9.17) is 23.2 Å². The van der Waals surface area contributed by atoms with Gasteiger partial charge in [0.15, 0.2) is 11.6 Å². The molecule has 0 atom stereocenters. The van der Waals surface area contributed by atoms with Crippen LogP contribution in [0.2, 0.25) is 10.6 Å². The van der Waals surface area contributed by atoms with Gasteiger partial charge < -0.3 is 10.6 Å². The Morgan fingerprint density at radius 2 is 0.797 bits per heavy atom. The van der Waals surface area contributed by atoms with Gasteiger partial charge in [-0.3, -0.25) is 18.2 Å². The fourth-order valence-corrected chi connectivity index (χ4v) is 7.70. The molecule has 4 aromatic carbocycles. The summed E-state index contributed by atoms with van der Waals surface area (Å²) >= 11 is 12.2. The van der Waals surface area contributed by atoms with E-state index in [0.717, 1.165) is 48.6 Å². The van der Waals surface area contributed by atoms with Crippen molar-refractivity contribution in [2.75, 3.05) is 10.6 Å². The van der Waals surface area contributed by atoms with Gasteiger partial charge in [0, 0.05) is 22.5 Å². The van der Waals surface area contributed by atoms with E-state index in [0.29, 0.717) is 0 Å². The monoisotopic (exact) mass is 932 g/mol. The molecule has 0 unspecified atom stereocenters. The predicted molar refractivity (Wildman–Crippen MR) is 215 cm³/mol. The molecular formula is C32H23Cl2N8NaO12S4. The third-order valence-electron chi connectivity index (χ3n) is 7.57. The van der Waals surface area contributed by atoms with Gasteiger partial charge in [0.25, 0.3) is 40.5 Å². The first-order valence-electron chi connectivity index (χ1n) is 15.5. The zero-order valence-electron chi connectivity index (χ0n) is 28.4. The Kier molecular flexibility index (Phi) is 13.6. The van der Waals surface area contributed by atoms with Crippen LogP contribution in [0.25, 0.3) is 34.9 Å². The van der Waals surface area contributed by atoms with Crippen molar-refractivity contribution >= 4 is 129 Å². The molecule has 0 saturated carbocycles. The van der Waals surface area contributed by atoms with Crippen molar-refractivity contribution in [2.45, 2.75) is 19.6 Å². The first-order valence-corrected chi connectivity index (χ1v) is 22.0. The van der Waals surface area contributed by atoms with E-state index in [1.807, 2.05) is 0 Å². The minimum atomic E-state index is -4.96. The molecule has 0 aliphatic rings. The van der Waals surface area contributed by atoms with Crippen molar-refractivity contribution < 1.29 is 51.9 Å². The van der Waals surface area contributed by atoms with Crippen molar-refractivity contribution in [3.63, 3.8) is 0 Å². The quantitative estimate of drug-likeness (QED) is 0.0550. The number of aromatic nitrogens is 6. The summed E-state index contributed by atoms with van der Waals surface area (Å²) in [5.41, 5.74) is 0.334. The van der Waals surface area contributed by atoms with Crippen molar-refractivity contribution in [2.24, 2.45) is 0 Å². The van der Waals surface area contributed by atoms with Gasteiger partial charge in [-0.25, -0.2) is 0 Å². The number of hydrogen-bond acceptors (Lipinski definition) is 16. The van der Waals surface area contributed by atoms with Gasteiger partial charge >= 0.3 is 29.6 Å². The summed E-state index contributed by atoms with van der Waals surface area (Å²) in [5.74, 6) is -0.608. The average Bonchev–Trinajstić information content (AvgIpc) is 3.12. The number of anilines is 4. The Hall–Kier alpha value is -4.54. The van der Waals surface area contributed by atoms with Gasteiger partial charge in [0.2, 0.25) is 22.5 Å². The molecule has 0 aliphatic heterocycles. The van der Waals surface area contributed by atoms with Crippen LogP contribution in [0.5, 0.6) is 0 Å². The molecule has 0 radical (unpaired) electrons. The molecule has 2 aromatic heterocycles. The van der Waals surface area contributed by atoms with E-state index in [1.165, 1.54) is 48.5 Å². The van der Waals surface area contributed by atoms with Gasteiger partial charge in [-0.2, -0.15) is 63.6 Å². The Balaban J connectivity index is 0.00000661. The molecule has 2 heterocycles. The maximum absolute atomic E-state index is 12.5. The molecular weight excluding hydrogens is 911 g/mol. The van der Waals surface area contributed by atoms with Crippen LogP contribution in [-0.2, 0) is 40.5 Å². The van der Waals surface area contributed by atoms with E-state index in [-0.39, 0.29) is 107 Å². The van der Waals surface area contributed by atoms with Crippen molar-refractivity contribution in [1.82, 2.24) is 29.9 Å². The molecule has 59 heavy (non-hydrogen) atoms. The van der Waals surface area contributed by atoms with Crippen molar-refractivity contribution in [3.05, 3.63) is 107 Å². The van der Waals surface area contributed by atoms with Crippen LogP contribution >= 0.6 is 23.2 Å². The molecule has 6 rings (SSSR count). The van der Waals surface area contributed by atoms with Gasteiger partial charge in [0.1, 0.15) is 9.79 Å². The van der Waals surface area contributed by atoms with E-state index < -0.39 is 50.3 Å². The fraction of sp³-hybridized carbons (Fsp3) is 0. The molecule has 27 heteroatoms. The summed E-state index contributed by atoms with van der Waals surface area (Å²) in [7, 11) is -18.8. The average molecular weight is 934 g/mol. The first-order chi connectivity index (χ1) is 27.0. The molecule has 0 aliphatic carbocycles. The third kappa shape index (κ3) is 11.6. The van der Waals surface area contributed by atoms with Crippen molar-refractivity contribution in [3.8, 4) is 22.8 Å². The molecule has 0 saturated heterocycles. The minimum absolute atomic E-state index is 0. The van der Waals surface area contributed by atoms with Gasteiger partial charge in [-0.05, 0) is 95.0 Å². The standard InChI is InChI=1S/C32H22Cl2N8O12S4.Na.H/c33-29-37-27(39-31(41-29)35-21-7-11-23(12-8-21)55(43,44)45)19-5-3-17(25(15-19)57(49,50)51)1-2-18-4-6-20(16-26(18)58(52,53)54)28-38-30(34)42-32(40-28)36-22-9-13-24(14-10-22)56(46,47)48;;/h1-16H,(H,43,44,45)(H,46,47,48)(H,49,50,51)(H,52,53,54)(H,35,37,39,41)(H,36,38,40,42);;. The van der Waals surface area contributed by atoms with Crippen LogP contribution in [0.4, 0.5) is 23.3 Å². The van der Waals surface area contributed by atoms with Crippen LogP contribution in [-0.4, -0.2) is 111 Å². The Morgan fingerprint density at radius 3 is 1.10 bits per heavy atom. The third-order valence-corrected chi connectivity index (χ3v) is 11.5. The molecule has 20 nitrogen and oxygen atoms in total. The van der Waals surface area contributed by atoms with Gasteiger partial charge in [-0.1, -0.05) is 36.4 Å². The van der Waals surface area contributed by atoms with E-state index >= 15 is 0 Å². The number of benzene rings is 4. The molecule has 0 bridgehead atoms. The van der Waals surface area contributed by atoms with Crippen LogP contribution < -0.4 is 10.6 Å². The first kappa shape index (κ1) is 45.5. The second-order valence-corrected chi connectivity index (χ2v) is 17.8. The summed E-state index contributed by atoms with van der Waals surface area (Å²) in [6.45, 7) is 0. The van der Waals surface area contributed by atoms with Crippen LogP contribution in [0.1, 0.15) is 11.1 Å². The number of hydrogen-bond donors (Lipinski definition) is 6. The SMILES string of the molecule is O=S(=O)(O)c1ccc(Nc2nc(Cl)nc(-c3ccc(C=Cc4ccc(-c5nc(Cl)nc(Nc6ccc(S(=O)(=O)O)cc6)n5)cc4S(=O)(=O)O)c(S(=O)(=O)O)c3)n2)cc1.[NaH]. The number of rotatable bonds is 12. The number of halogens is 2. The van der Waals surface area contributed by atoms with E-state index in [9.17, 15) is 51.9 Å². The summed E-state index contributed by atoms with van der Waals surface area (Å²) < 4.78 is 134. The van der Waals surface area contributed by atoms with Gasteiger partial charge in [-0.15, -0.1) is 0 Å². The maximum atomic E-state index is 12.5. The Labute approximate surface area is 367 Å². The molecule has 6 aromatic rings. The molecule has 0 fully saturated rings. The molecule has 0 spiro atoms. The molecule has 6 N–H and O–H groups in total. The molecule has 302 valence electrons. The molecule has 0 amide bonds. The fourth-order valence-electron chi connectivity index (χ4n) is 5.00. The summed E-state index contributed by atoms with van der Waals surface area (Å²) in [4.78, 5) is 22.2. The summed E-state index contributed by atoms with van der Waals surface area (Å²) in [6, 6.07) is 16.9. The van der Waals surface area contributed by atoms with Crippen molar-refractivity contribution in [1.29, 1.82) is 0 Å². The Morgan fingerprint density at radius 1 is 0.458 bits per heavy atom. The number of nitrogens with one attached hydrogen (secondary N) is 2.